The standard InChI is InChI=1S/C18H28N6.ClH/c1-4-8-19-18-20-16-15(7-6-10-23(16)9-5-2)17(21-18)24-13-11-22(3)12-14-24;/h4-5H,1-2,6-14H2,3H3,(H,19,20,21);1H. The number of hydrogen-bond donors (Lipinski definition) is 1. The van der Waals surface area contributed by atoms with Crippen LogP contribution < -0.4 is 15.1 Å². The van der Waals surface area contributed by atoms with Crippen LogP contribution in [-0.2, 0) is 6.42 Å². The SMILES string of the molecule is C=CCNc1nc2c(c(N3CCN(C)CC3)n1)CCCN2CC=C.Cl. The van der Waals surface area contributed by atoms with Gasteiger partial charge < -0.3 is 20.0 Å². The molecule has 6 nitrogen and oxygen atoms in total. The number of aromatic nitrogens is 2. The van der Waals surface area contributed by atoms with Crippen LogP contribution in [0.5, 0.6) is 0 Å². The molecule has 138 valence electrons. The summed E-state index contributed by atoms with van der Waals surface area (Å²) in [5.74, 6) is 2.86. The van der Waals surface area contributed by atoms with E-state index in [1.165, 1.54) is 5.56 Å². The highest BCUT2D eigenvalue weighted by atomic mass is 35.5. The zero-order valence-electron chi connectivity index (χ0n) is 15.1. The fraction of sp³-hybridized carbons (Fsp3) is 0.556. The molecule has 1 N–H and O–H groups in total. The number of hydrogen-bond acceptors (Lipinski definition) is 6. The van der Waals surface area contributed by atoms with Gasteiger partial charge in [0.2, 0.25) is 5.95 Å². The molecule has 3 heterocycles. The van der Waals surface area contributed by atoms with E-state index in [9.17, 15) is 0 Å². The van der Waals surface area contributed by atoms with E-state index in [1.54, 1.807) is 0 Å². The minimum Gasteiger partial charge on any atom is -0.354 e. The molecule has 2 aliphatic heterocycles. The Bertz CT molecular complexity index is 597. The van der Waals surface area contributed by atoms with Gasteiger partial charge in [0.1, 0.15) is 11.6 Å². The second kappa shape index (κ2) is 9.06. The number of anilines is 3. The number of piperazine rings is 1. The molecule has 1 aromatic rings. The molecule has 1 aromatic heterocycles. The molecule has 0 unspecified atom stereocenters. The van der Waals surface area contributed by atoms with E-state index in [2.05, 4.69) is 40.2 Å². The van der Waals surface area contributed by atoms with Crippen molar-refractivity contribution < 1.29 is 0 Å². The van der Waals surface area contributed by atoms with Crippen LogP contribution in [0.1, 0.15) is 12.0 Å². The van der Waals surface area contributed by atoms with Crippen LogP contribution in [0.3, 0.4) is 0 Å². The molecule has 0 radical (unpaired) electrons. The summed E-state index contributed by atoms with van der Waals surface area (Å²) in [6, 6.07) is 0. The zero-order chi connectivity index (χ0) is 16.9. The highest BCUT2D eigenvalue weighted by Crippen LogP contribution is 2.33. The lowest BCUT2D eigenvalue weighted by Crippen LogP contribution is -2.45. The van der Waals surface area contributed by atoms with E-state index in [0.29, 0.717) is 12.5 Å². The molecule has 25 heavy (non-hydrogen) atoms. The molecule has 0 amide bonds. The average Bonchev–Trinajstić information content (AvgIpc) is 2.61. The Hall–Kier alpha value is -1.79. The highest BCUT2D eigenvalue weighted by Gasteiger charge is 2.26. The maximum atomic E-state index is 4.85. The highest BCUT2D eigenvalue weighted by molar-refractivity contribution is 5.85. The number of rotatable bonds is 6. The van der Waals surface area contributed by atoms with Gasteiger partial charge in [-0.2, -0.15) is 9.97 Å². The second-order valence-electron chi connectivity index (χ2n) is 6.47. The molecule has 0 atom stereocenters. The summed E-state index contributed by atoms with van der Waals surface area (Å²) in [6.07, 6.45) is 5.97. The van der Waals surface area contributed by atoms with Crippen molar-refractivity contribution >= 4 is 30.0 Å². The van der Waals surface area contributed by atoms with Crippen LogP contribution in [0.15, 0.2) is 25.3 Å². The molecule has 1 fully saturated rings. The lowest BCUT2D eigenvalue weighted by molar-refractivity contribution is 0.311. The van der Waals surface area contributed by atoms with Crippen LogP contribution in [0.25, 0.3) is 0 Å². The van der Waals surface area contributed by atoms with Gasteiger partial charge in [0, 0.05) is 51.4 Å². The first-order valence-corrected chi connectivity index (χ1v) is 8.78. The Morgan fingerprint density at radius 3 is 2.44 bits per heavy atom. The zero-order valence-corrected chi connectivity index (χ0v) is 15.9. The van der Waals surface area contributed by atoms with Crippen molar-refractivity contribution in [2.75, 3.05) is 68.0 Å². The Morgan fingerprint density at radius 2 is 1.76 bits per heavy atom. The first-order valence-electron chi connectivity index (χ1n) is 8.78. The van der Waals surface area contributed by atoms with Gasteiger partial charge in [-0.05, 0) is 19.9 Å². The van der Waals surface area contributed by atoms with E-state index >= 15 is 0 Å². The lowest BCUT2D eigenvalue weighted by atomic mass is 10.0. The Kier molecular flexibility index (Phi) is 7.08. The smallest absolute Gasteiger partial charge is 0.226 e. The Balaban J connectivity index is 0.00000225. The molecule has 3 rings (SSSR count). The minimum absolute atomic E-state index is 0. The van der Waals surface area contributed by atoms with Gasteiger partial charge in [0.25, 0.3) is 0 Å². The molecule has 1 saturated heterocycles. The predicted octanol–water partition coefficient (Wildman–Crippen LogP) is 2.19. The maximum absolute atomic E-state index is 4.85. The summed E-state index contributed by atoms with van der Waals surface area (Å²) in [6.45, 7) is 14.4. The second-order valence-corrected chi connectivity index (χ2v) is 6.47. The van der Waals surface area contributed by atoms with Crippen molar-refractivity contribution in [3.05, 3.63) is 30.9 Å². The van der Waals surface area contributed by atoms with Crippen LogP contribution in [-0.4, -0.2) is 67.7 Å². The summed E-state index contributed by atoms with van der Waals surface area (Å²) >= 11 is 0. The van der Waals surface area contributed by atoms with Gasteiger partial charge >= 0.3 is 0 Å². The van der Waals surface area contributed by atoms with E-state index in [1.807, 2.05) is 12.2 Å². The first-order chi connectivity index (χ1) is 11.7. The third-order valence-corrected chi connectivity index (χ3v) is 4.67. The van der Waals surface area contributed by atoms with Gasteiger partial charge in [0.15, 0.2) is 0 Å². The summed E-state index contributed by atoms with van der Waals surface area (Å²) < 4.78 is 0. The van der Waals surface area contributed by atoms with Crippen molar-refractivity contribution in [1.82, 2.24) is 14.9 Å². The molecule has 7 heteroatoms. The largest absolute Gasteiger partial charge is 0.354 e. The van der Waals surface area contributed by atoms with Gasteiger partial charge in [0.05, 0.1) is 0 Å². The van der Waals surface area contributed by atoms with Crippen molar-refractivity contribution in [2.45, 2.75) is 12.8 Å². The molecule has 0 aliphatic carbocycles. The van der Waals surface area contributed by atoms with Gasteiger partial charge in [-0.15, -0.1) is 25.6 Å². The van der Waals surface area contributed by atoms with Crippen molar-refractivity contribution in [1.29, 1.82) is 0 Å². The van der Waals surface area contributed by atoms with Crippen molar-refractivity contribution in [3.63, 3.8) is 0 Å². The van der Waals surface area contributed by atoms with Gasteiger partial charge in [-0.3, -0.25) is 0 Å². The predicted molar refractivity (Wildman–Crippen MR) is 108 cm³/mol. The normalized spacial score (nSPS) is 17.5. The fourth-order valence-corrected chi connectivity index (χ4v) is 3.35. The summed E-state index contributed by atoms with van der Waals surface area (Å²) in [7, 11) is 2.18. The van der Waals surface area contributed by atoms with Crippen molar-refractivity contribution in [3.8, 4) is 0 Å². The number of halogens is 1. The third-order valence-electron chi connectivity index (χ3n) is 4.67. The molecular weight excluding hydrogens is 336 g/mol. The molecule has 0 spiro atoms. The fourth-order valence-electron chi connectivity index (χ4n) is 3.35. The van der Waals surface area contributed by atoms with Gasteiger partial charge in [-0.1, -0.05) is 12.2 Å². The number of nitrogens with zero attached hydrogens (tertiary/aromatic N) is 5. The van der Waals surface area contributed by atoms with Gasteiger partial charge in [-0.25, -0.2) is 0 Å². The van der Waals surface area contributed by atoms with Crippen LogP contribution in [0.2, 0.25) is 0 Å². The number of nitrogens with one attached hydrogen (secondary N) is 1. The number of likely N-dealkylation sites (N-methyl/N-ethyl adjacent to an activating group) is 1. The summed E-state index contributed by atoms with van der Waals surface area (Å²) in [5, 5.41) is 3.27. The van der Waals surface area contributed by atoms with Crippen LogP contribution >= 0.6 is 12.4 Å². The summed E-state index contributed by atoms with van der Waals surface area (Å²) in [5.41, 5.74) is 1.29. The van der Waals surface area contributed by atoms with E-state index in [4.69, 9.17) is 9.97 Å². The topological polar surface area (TPSA) is 47.5 Å². The van der Waals surface area contributed by atoms with E-state index in [0.717, 1.165) is 63.7 Å². The lowest BCUT2D eigenvalue weighted by Gasteiger charge is -2.37. The molecule has 2 aliphatic rings. The van der Waals surface area contributed by atoms with E-state index in [-0.39, 0.29) is 12.4 Å². The van der Waals surface area contributed by atoms with E-state index < -0.39 is 0 Å². The van der Waals surface area contributed by atoms with Crippen molar-refractivity contribution in [2.24, 2.45) is 0 Å². The average molecular weight is 365 g/mol. The Morgan fingerprint density at radius 1 is 1.04 bits per heavy atom. The number of fused-ring (bicyclic) bond motifs is 1. The first kappa shape index (κ1) is 19.5. The quantitative estimate of drug-likeness (QED) is 0.781. The summed E-state index contributed by atoms with van der Waals surface area (Å²) in [4.78, 5) is 16.7. The van der Waals surface area contributed by atoms with Crippen LogP contribution in [0.4, 0.5) is 17.6 Å². The molecule has 0 saturated carbocycles. The van der Waals surface area contributed by atoms with Crippen LogP contribution in [0, 0.1) is 0 Å². The molecule has 0 bridgehead atoms. The maximum Gasteiger partial charge on any atom is 0.226 e. The minimum atomic E-state index is 0. The third kappa shape index (κ3) is 4.44. The monoisotopic (exact) mass is 364 g/mol. The molecule has 0 aromatic carbocycles. The molecular formula is C18H29ClN6. The Labute approximate surface area is 157 Å².